The Kier molecular flexibility index (Phi) is 3.68. The van der Waals surface area contributed by atoms with Crippen molar-refractivity contribution in [2.45, 2.75) is 39.0 Å². The summed E-state index contributed by atoms with van der Waals surface area (Å²) in [6, 6.07) is 0. The van der Waals surface area contributed by atoms with Crippen LogP contribution < -0.4 is 5.32 Å². The Morgan fingerprint density at radius 1 is 1.47 bits per heavy atom. The van der Waals surface area contributed by atoms with Crippen LogP contribution >= 0.6 is 0 Å². The first kappa shape index (κ1) is 12.4. The third-order valence-corrected chi connectivity index (χ3v) is 3.32. The van der Waals surface area contributed by atoms with Crippen LogP contribution in [0.3, 0.4) is 0 Å². The number of amides is 1. The summed E-state index contributed by atoms with van der Waals surface area (Å²) >= 11 is 0. The van der Waals surface area contributed by atoms with Crippen molar-refractivity contribution in [3.8, 4) is 0 Å². The van der Waals surface area contributed by atoms with Gasteiger partial charge in [-0.3, -0.25) is 4.79 Å². The van der Waals surface area contributed by atoms with Crippen LogP contribution in [-0.4, -0.2) is 18.9 Å². The topological polar surface area (TPSA) is 29.1 Å². The summed E-state index contributed by atoms with van der Waals surface area (Å²) in [4.78, 5) is 11.5. The fourth-order valence-corrected chi connectivity index (χ4v) is 2.42. The number of rotatable bonds is 2. The van der Waals surface area contributed by atoms with Crippen molar-refractivity contribution in [2.24, 2.45) is 17.8 Å². The Morgan fingerprint density at radius 3 is 2.53 bits per heavy atom. The highest BCUT2D eigenvalue weighted by Gasteiger charge is 2.44. The molecule has 0 aromatic carbocycles. The lowest BCUT2D eigenvalue weighted by Crippen LogP contribution is -2.42. The van der Waals surface area contributed by atoms with Gasteiger partial charge in [0.1, 0.15) is 0 Å². The molecule has 0 aromatic rings. The van der Waals surface area contributed by atoms with E-state index in [0.717, 1.165) is 0 Å². The maximum atomic E-state index is 13.2. The first-order valence-corrected chi connectivity index (χ1v) is 5.47. The van der Waals surface area contributed by atoms with E-state index in [1.54, 1.807) is 0 Å². The minimum absolute atomic E-state index is 0.0800. The van der Waals surface area contributed by atoms with E-state index in [1.807, 2.05) is 13.8 Å². The molecule has 0 spiro atoms. The SMILES string of the molecule is CNC(=O)[C@@H]1CC(F)(F)CC[C@H]1C(C)C. The molecule has 0 aromatic heterocycles. The minimum atomic E-state index is -2.66. The lowest BCUT2D eigenvalue weighted by Gasteiger charge is -2.37. The summed E-state index contributed by atoms with van der Waals surface area (Å²) in [6.45, 7) is 3.98. The third-order valence-electron chi connectivity index (χ3n) is 3.32. The maximum Gasteiger partial charge on any atom is 0.248 e. The molecule has 2 nitrogen and oxygen atoms in total. The molecule has 0 bridgehead atoms. The van der Waals surface area contributed by atoms with Gasteiger partial charge in [-0.1, -0.05) is 13.8 Å². The van der Waals surface area contributed by atoms with E-state index < -0.39 is 11.8 Å². The van der Waals surface area contributed by atoms with Gasteiger partial charge in [0.15, 0.2) is 0 Å². The Morgan fingerprint density at radius 2 is 2.07 bits per heavy atom. The molecule has 1 aliphatic rings. The molecule has 0 saturated heterocycles. The molecular weight excluding hydrogens is 200 g/mol. The number of carbonyl (C=O) groups excluding carboxylic acids is 1. The van der Waals surface area contributed by atoms with Crippen molar-refractivity contribution < 1.29 is 13.6 Å². The summed E-state index contributed by atoms with van der Waals surface area (Å²) in [6.07, 6.45) is 0.0710. The van der Waals surface area contributed by atoms with Crippen molar-refractivity contribution in [3.05, 3.63) is 0 Å². The summed E-state index contributed by atoms with van der Waals surface area (Å²) in [5.41, 5.74) is 0. The quantitative estimate of drug-likeness (QED) is 0.759. The van der Waals surface area contributed by atoms with Gasteiger partial charge in [0.25, 0.3) is 0 Å². The molecule has 0 heterocycles. The smallest absolute Gasteiger partial charge is 0.248 e. The second-order valence-corrected chi connectivity index (χ2v) is 4.73. The zero-order valence-electron chi connectivity index (χ0n) is 9.52. The summed E-state index contributed by atoms with van der Waals surface area (Å²) in [5, 5.41) is 2.49. The van der Waals surface area contributed by atoms with E-state index >= 15 is 0 Å². The maximum absolute atomic E-state index is 13.2. The summed E-state index contributed by atoms with van der Waals surface area (Å²) in [5.74, 6) is -3.07. The van der Waals surface area contributed by atoms with Crippen LogP contribution in [0, 0.1) is 17.8 Å². The lowest BCUT2D eigenvalue weighted by atomic mass is 9.72. The summed E-state index contributed by atoms with van der Waals surface area (Å²) < 4.78 is 26.4. The fraction of sp³-hybridized carbons (Fsp3) is 0.909. The molecule has 88 valence electrons. The average molecular weight is 219 g/mol. The van der Waals surface area contributed by atoms with E-state index in [2.05, 4.69) is 5.32 Å². The molecule has 4 heteroatoms. The number of nitrogens with one attached hydrogen (secondary N) is 1. The van der Waals surface area contributed by atoms with Gasteiger partial charge in [-0.05, 0) is 18.3 Å². The van der Waals surface area contributed by atoms with Gasteiger partial charge < -0.3 is 5.32 Å². The standard InChI is InChI=1S/C11H19F2NO/c1-7(2)8-4-5-11(12,13)6-9(8)10(15)14-3/h7-9H,4-6H2,1-3H3,(H,14,15)/t8-,9+/m0/s1. The monoisotopic (exact) mass is 219 g/mol. The second-order valence-electron chi connectivity index (χ2n) is 4.73. The van der Waals surface area contributed by atoms with Crippen molar-refractivity contribution in [1.82, 2.24) is 5.32 Å². The predicted molar refractivity (Wildman–Crippen MR) is 54.7 cm³/mol. The van der Waals surface area contributed by atoms with Crippen LogP contribution in [-0.2, 0) is 4.79 Å². The highest BCUT2D eigenvalue weighted by molar-refractivity contribution is 5.78. The molecule has 1 amide bonds. The van der Waals surface area contributed by atoms with E-state index in [9.17, 15) is 13.6 Å². The second kappa shape index (κ2) is 4.45. The molecule has 2 atom stereocenters. The largest absolute Gasteiger partial charge is 0.359 e. The van der Waals surface area contributed by atoms with Crippen molar-refractivity contribution in [3.63, 3.8) is 0 Å². The molecule has 0 unspecified atom stereocenters. The molecule has 1 N–H and O–H groups in total. The van der Waals surface area contributed by atoms with Crippen LogP contribution in [0.5, 0.6) is 0 Å². The van der Waals surface area contributed by atoms with Gasteiger partial charge in [0, 0.05) is 25.8 Å². The lowest BCUT2D eigenvalue weighted by molar-refractivity contribution is -0.137. The van der Waals surface area contributed by atoms with Gasteiger partial charge in [0.2, 0.25) is 11.8 Å². The number of hydrogen-bond donors (Lipinski definition) is 1. The Bertz CT molecular complexity index is 241. The van der Waals surface area contributed by atoms with E-state index in [0.29, 0.717) is 6.42 Å². The van der Waals surface area contributed by atoms with Gasteiger partial charge in [-0.15, -0.1) is 0 Å². The zero-order valence-corrected chi connectivity index (χ0v) is 9.52. The third kappa shape index (κ3) is 2.89. The number of halogens is 2. The van der Waals surface area contributed by atoms with Crippen LogP contribution in [0.2, 0.25) is 0 Å². The highest BCUT2D eigenvalue weighted by Crippen LogP contribution is 2.42. The van der Waals surface area contributed by atoms with Crippen LogP contribution in [0.4, 0.5) is 8.78 Å². The van der Waals surface area contributed by atoms with Gasteiger partial charge >= 0.3 is 0 Å². The molecule has 1 fully saturated rings. The molecule has 15 heavy (non-hydrogen) atoms. The molecule has 0 radical (unpaired) electrons. The average Bonchev–Trinajstić information content (AvgIpc) is 2.14. The number of alkyl halides is 2. The number of hydrogen-bond acceptors (Lipinski definition) is 1. The van der Waals surface area contributed by atoms with Crippen molar-refractivity contribution >= 4 is 5.91 Å². The zero-order chi connectivity index (χ0) is 11.6. The Hall–Kier alpha value is -0.670. The van der Waals surface area contributed by atoms with Crippen LogP contribution in [0.25, 0.3) is 0 Å². The number of carbonyl (C=O) groups is 1. The highest BCUT2D eigenvalue weighted by atomic mass is 19.3. The van der Waals surface area contributed by atoms with Crippen molar-refractivity contribution in [2.75, 3.05) is 7.05 Å². The van der Waals surface area contributed by atoms with E-state index in [4.69, 9.17) is 0 Å². The van der Waals surface area contributed by atoms with Gasteiger partial charge in [0.05, 0.1) is 0 Å². The van der Waals surface area contributed by atoms with Crippen molar-refractivity contribution in [1.29, 1.82) is 0 Å². The summed E-state index contributed by atoms with van der Waals surface area (Å²) in [7, 11) is 1.51. The van der Waals surface area contributed by atoms with Crippen LogP contribution in [0.1, 0.15) is 33.1 Å². The Balaban J connectivity index is 2.78. The Labute approximate surface area is 89.4 Å². The molecule has 1 saturated carbocycles. The van der Waals surface area contributed by atoms with Gasteiger partial charge in [-0.25, -0.2) is 8.78 Å². The van der Waals surface area contributed by atoms with E-state index in [1.165, 1.54) is 7.05 Å². The van der Waals surface area contributed by atoms with Gasteiger partial charge in [-0.2, -0.15) is 0 Å². The molecule has 1 aliphatic carbocycles. The molecule has 0 aliphatic heterocycles. The normalized spacial score (nSPS) is 30.3. The predicted octanol–water partition coefficient (Wildman–Crippen LogP) is 2.44. The first-order valence-electron chi connectivity index (χ1n) is 5.47. The molecule has 1 rings (SSSR count). The first-order chi connectivity index (χ1) is 6.87. The fourth-order valence-electron chi connectivity index (χ4n) is 2.42. The molecular formula is C11H19F2NO. The minimum Gasteiger partial charge on any atom is -0.359 e. The van der Waals surface area contributed by atoms with Crippen LogP contribution in [0.15, 0.2) is 0 Å². The van der Waals surface area contributed by atoms with E-state index in [-0.39, 0.29) is 30.6 Å².